The van der Waals surface area contributed by atoms with Crippen LogP contribution in [0.25, 0.3) is 11.7 Å². The van der Waals surface area contributed by atoms with Crippen molar-refractivity contribution in [3.8, 4) is 0 Å². The lowest BCUT2D eigenvalue weighted by Crippen LogP contribution is -2.57. The van der Waals surface area contributed by atoms with Crippen molar-refractivity contribution in [3.05, 3.63) is 41.9 Å². The molecule has 1 saturated heterocycles. The number of carbonyl (C=O) groups excluding carboxylic acids is 5. The van der Waals surface area contributed by atoms with E-state index >= 15 is 0 Å². The number of amides is 3. The number of cyclic esters (lactones) is 1. The molecule has 5 atom stereocenters. The maximum Gasteiger partial charge on any atom is 0.358 e. The third-order valence-electron chi connectivity index (χ3n) is 11.0. The Hall–Kier alpha value is -4.27. The van der Waals surface area contributed by atoms with Crippen LogP contribution in [0.1, 0.15) is 109 Å². The van der Waals surface area contributed by atoms with Crippen LogP contribution in [0.2, 0.25) is 0 Å². The van der Waals surface area contributed by atoms with Crippen molar-refractivity contribution >= 4 is 51.4 Å². The summed E-state index contributed by atoms with van der Waals surface area (Å²) in [4.78, 5) is 75.0. The highest BCUT2D eigenvalue weighted by atomic mass is 32.2. The summed E-state index contributed by atoms with van der Waals surface area (Å²) < 4.78 is 40.9. The number of hydrogen-bond acceptors (Lipinski definition) is 10. The van der Waals surface area contributed by atoms with E-state index in [4.69, 9.17) is 9.47 Å². The molecule has 0 aromatic carbocycles. The van der Waals surface area contributed by atoms with Crippen LogP contribution in [0.5, 0.6) is 0 Å². The van der Waals surface area contributed by atoms with Gasteiger partial charge < -0.3 is 24.1 Å². The first-order valence-corrected chi connectivity index (χ1v) is 20.1. The predicted octanol–water partition coefficient (Wildman–Crippen LogP) is 3.78. The molecule has 2 saturated carbocycles. The SMILES string of the molecule is CC[C@@H]1C[C@]1(NC(=O)[C@@H]1C[C@@H]2CN1C(=O)[C@H](C(C)(C)C)CC(=O)OCC(C)(C)CC/C=C/c1cccn3cc(nc13)C(=O)O2)C(=O)NS(=O)(=O)C1CC1. The Balaban J connectivity index is 1.32. The summed E-state index contributed by atoms with van der Waals surface area (Å²) >= 11 is 0. The first-order valence-electron chi connectivity index (χ1n) is 18.5. The first-order chi connectivity index (χ1) is 24.8. The Morgan fingerprint density at radius 1 is 1.13 bits per heavy atom. The Labute approximate surface area is 310 Å². The fourth-order valence-corrected chi connectivity index (χ4v) is 8.73. The molecule has 6 rings (SSSR count). The second-order valence-electron chi connectivity index (χ2n) is 16.9. The smallest absolute Gasteiger partial charge is 0.358 e. The number of pyridine rings is 1. The molecule has 0 spiro atoms. The second kappa shape index (κ2) is 14.2. The van der Waals surface area contributed by atoms with E-state index in [1.807, 2.05) is 65.8 Å². The molecule has 53 heavy (non-hydrogen) atoms. The van der Waals surface area contributed by atoms with Gasteiger partial charge in [-0.25, -0.2) is 18.2 Å². The van der Waals surface area contributed by atoms with E-state index in [0.717, 1.165) is 5.56 Å². The van der Waals surface area contributed by atoms with E-state index in [1.165, 1.54) is 4.90 Å². The third-order valence-corrected chi connectivity index (χ3v) is 12.8. The Bertz CT molecular complexity index is 1940. The first kappa shape index (κ1) is 38.5. The zero-order valence-electron chi connectivity index (χ0n) is 31.3. The van der Waals surface area contributed by atoms with Gasteiger partial charge in [-0.05, 0) is 61.0 Å². The van der Waals surface area contributed by atoms with Crippen molar-refractivity contribution in [3.63, 3.8) is 0 Å². The van der Waals surface area contributed by atoms with Crippen molar-refractivity contribution < 1.29 is 41.9 Å². The summed E-state index contributed by atoms with van der Waals surface area (Å²) in [6.07, 6.45) is 9.12. The van der Waals surface area contributed by atoms with Crippen LogP contribution in [0.15, 0.2) is 30.6 Å². The average molecular weight is 754 g/mol. The van der Waals surface area contributed by atoms with Crippen molar-refractivity contribution in [2.24, 2.45) is 22.7 Å². The van der Waals surface area contributed by atoms with Crippen LogP contribution in [0.4, 0.5) is 0 Å². The standard InChI is InChI=1S/C38H51N5O9S/c1-7-24-19-38(24,35(48)41-53(49,50)26-13-14-26)40-32(45)29-17-25-20-43(29)33(46)27(36(2,3)4)18-30(44)51-22-37(5,6)15-9-8-11-23-12-10-16-42-21-28(34(47)52-25)39-31(23)42/h8,10-12,16,21,24-27,29H,7,9,13-15,17-20,22H2,1-6H3,(H,40,45)(H,41,48)/b11-8+/t24-,25-,27-,29+,38-/m1/s1. The predicted molar refractivity (Wildman–Crippen MR) is 194 cm³/mol. The van der Waals surface area contributed by atoms with Crippen LogP contribution in [-0.4, -0.2) is 88.4 Å². The van der Waals surface area contributed by atoms with Crippen LogP contribution in [-0.2, 0) is 38.7 Å². The average Bonchev–Trinajstić information content (AvgIpc) is 3.97. The fourth-order valence-electron chi connectivity index (χ4n) is 7.37. The Kier molecular flexibility index (Phi) is 10.3. The zero-order valence-corrected chi connectivity index (χ0v) is 32.2. The highest BCUT2D eigenvalue weighted by molar-refractivity contribution is 7.91. The summed E-state index contributed by atoms with van der Waals surface area (Å²) in [5.41, 5.74) is -1.17. The van der Waals surface area contributed by atoms with E-state index in [-0.39, 0.29) is 49.4 Å². The van der Waals surface area contributed by atoms with Crippen LogP contribution < -0.4 is 10.0 Å². The van der Waals surface area contributed by atoms with Gasteiger partial charge in [0.1, 0.15) is 23.3 Å². The molecule has 4 heterocycles. The van der Waals surface area contributed by atoms with Gasteiger partial charge in [-0.3, -0.25) is 23.9 Å². The molecule has 2 aliphatic heterocycles. The molecule has 0 unspecified atom stereocenters. The molecule has 0 radical (unpaired) electrons. The summed E-state index contributed by atoms with van der Waals surface area (Å²) in [5, 5.41) is 2.18. The van der Waals surface area contributed by atoms with Crippen LogP contribution >= 0.6 is 0 Å². The molecule has 3 amide bonds. The van der Waals surface area contributed by atoms with E-state index in [9.17, 15) is 32.4 Å². The summed E-state index contributed by atoms with van der Waals surface area (Å²) in [6, 6.07) is 2.55. The molecule has 2 aromatic heterocycles. The molecule has 14 nitrogen and oxygen atoms in total. The number of aromatic nitrogens is 2. The molecule has 15 heteroatoms. The quantitative estimate of drug-likeness (QED) is 0.412. The van der Waals surface area contributed by atoms with Gasteiger partial charge in [-0.15, -0.1) is 0 Å². The number of imidazole rings is 1. The Morgan fingerprint density at radius 3 is 2.53 bits per heavy atom. The van der Waals surface area contributed by atoms with Crippen LogP contribution in [0.3, 0.4) is 0 Å². The van der Waals surface area contributed by atoms with Gasteiger partial charge in [0.15, 0.2) is 5.69 Å². The fraction of sp³-hybridized carbons (Fsp3) is 0.632. The summed E-state index contributed by atoms with van der Waals surface area (Å²) in [5.74, 6) is -4.47. The number of esters is 2. The molecule has 2 aliphatic carbocycles. The highest BCUT2D eigenvalue weighted by Gasteiger charge is 2.62. The third kappa shape index (κ3) is 8.29. The normalized spacial score (nSPS) is 28.9. The minimum Gasteiger partial charge on any atom is -0.465 e. The van der Waals surface area contributed by atoms with Crippen molar-refractivity contribution in [1.29, 1.82) is 0 Å². The number of allylic oxidation sites excluding steroid dienone is 1. The summed E-state index contributed by atoms with van der Waals surface area (Å²) in [6.45, 7) is 11.3. The maximum atomic E-state index is 14.5. The van der Waals surface area contributed by atoms with Crippen molar-refractivity contribution in [1.82, 2.24) is 24.3 Å². The lowest BCUT2D eigenvalue weighted by molar-refractivity contribution is -0.155. The number of carbonyl (C=O) groups is 5. The van der Waals surface area contributed by atoms with Gasteiger partial charge in [0.2, 0.25) is 21.8 Å². The minimum atomic E-state index is -3.88. The van der Waals surface area contributed by atoms with Gasteiger partial charge in [0, 0.05) is 24.4 Å². The molecule has 4 bridgehead atoms. The van der Waals surface area contributed by atoms with Gasteiger partial charge in [-0.2, -0.15) is 0 Å². The molecule has 2 aromatic rings. The summed E-state index contributed by atoms with van der Waals surface area (Å²) in [7, 11) is -3.88. The molecular weight excluding hydrogens is 703 g/mol. The topological polar surface area (TPSA) is 183 Å². The maximum absolute atomic E-state index is 14.5. The lowest BCUT2D eigenvalue weighted by atomic mass is 9.77. The van der Waals surface area contributed by atoms with Crippen molar-refractivity contribution in [2.75, 3.05) is 13.2 Å². The van der Waals surface area contributed by atoms with E-state index < -0.39 is 74.0 Å². The molecular formula is C38H51N5O9S. The Morgan fingerprint density at radius 2 is 1.87 bits per heavy atom. The second-order valence-corrected chi connectivity index (χ2v) is 18.9. The van der Waals surface area contributed by atoms with Gasteiger partial charge in [0.25, 0.3) is 5.91 Å². The van der Waals surface area contributed by atoms with E-state index in [0.29, 0.717) is 37.8 Å². The molecule has 288 valence electrons. The molecule has 4 aliphatic rings. The lowest BCUT2D eigenvalue weighted by Gasteiger charge is -2.35. The van der Waals surface area contributed by atoms with E-state index in [1.54, 1.807) is 16.8 Å². The zero-order chi connectivity index (χ0) is 38.5. The van der Waals surface area contributed by atoms with Crippen molar-refractivity contribution in [2.45, 2.75) is 116 Å². The number of hydrogen-bond donors (Lipinski definition) is 2. The highest BCUT2D eigenvalue weighted by Crippen LogP contribution is 2.47. The largest absolute Gasteiger partial charge is 0.465 e. The number of nitrogens with zero attached hydrogens (tertiary/aromatic N) is 3. The monoisotopic (exact) mass is 753 g/mol. The molecule has 3 fully saturated rings. The van der Waals surface area contributed by atoms with Gasteiger partial charge in [-0.1, -0.05) is 60.1 Å². The van der Waals surface area contributed by atoms with Crippen LogP contribution in [0, 0.1) is 22.7 Å². The van der Waals surface area contributed by atoms with Gasteiger partial charge in [0.05, 0.1) is 30.7 Å². The minimum absolute atomic E-state index is 0.0544. The molecule has 2 N–H and O–H groups in total. The number of fused-ring (bicyclic) bond motifs is 3. The number of ether oxygens (including phenoxy) is 2. The van der Waals surface area contributed by atoms with Gasteiger partial charge >= 0.3 is 11.9 Å². The number of rotatable bonds is 6. The number of nitrogens with one attached hydrogen (secondary N) is 2. The van der Waals surface area contributed by atoms with E-state index in [2.05, 4.69) is 15.0 Å². The number of sulfonamides is 1.